The molecule has 0 N–H and O–H groups in total. The van der Waals surface area contributed by atoms with E-state index in [1.54, 1.807) is 0 Å². The molecule has 7 aromatic rings. The first-order valence-electron chi connectivity index (χ1n) is 13.4. The van der Waals surface area contributed by atoms with Gasteiger partial charge in [0.2, 0.25) is 0 Å². The minimum Gasteiger partial charge on any atom is -0.455 e. The fourth-order valence-corrected chi connectivity index (χ4v) is 6.75. The van der Waals surface area contributed by atoms with E-state index in [0.717, 1.165) is 43.8 Å². The number of rotatable bonds is 3. The Hall–Kier alpha value is -4.74. The van der Waals surface area contributed by atoms with Gasteiger partial charge in [-0.3, -0.25) is 0 Å². The highest BCUT2D eigenvalue weighted by Gasteiger charge is 2.36. The summed E-state index contributed by atoms with van der Waals surface area (Å²) in [6.45, 7) is 4.62. The third-order valence-corrected chi connectivity index (χ3v) is 8.84. The Morgan fingerprint density at radius 1 is 0.675 bits per heavy atom. The molecule has 2 aromatic heterocycles. The second kappa shape index (κ2) is 8.63. The van der Waals surface area contributed by atoms with Crippen molar-refractivity contribution in [3.8, 4) is 22.0 Å². The summed E-state index contributed by atoms with van der Waals surface area (Å²) >= 11 is 1.41. The van der Waals surface area contributed by atoms with Crippen molar-refractivity contribution < 1.29 is 4.42 Å². The van der Waals surface area contributed by atoms with Gasteiger partial charge in [-0.2, -0.15) is 4.37 Å². The van der Waals surface area contributed by atoms with Crippen LogP contribution in [0.25, 0.3) is 43.9 Å². The summed E-state index contributed by atoms with van der Waals surface area (Å²) in [7, 11) is 0. The second-order valence-corrected chi connectivity index (χ2v) is 11.5. The predicted octanol–water partition coefficient (Wildman–Crippen LogP) is 9.88. The van der Waals surface area contributed by atoms with Gasteiger partial charge in [0, 0.05) is 27.4 Å². The van der Waals surface area contributed by atoms with Crippen LogP contribution in [0.1, 0.15) is 25.0 Å². The first-order chi connectivity index (χ1) is 19.6. The highest BCUT2D eigenvalue weighted by Crippen LogP contribution is 2.51. The largest absolute Gasteiger partial charge is 0.455 e. The molecule has 8 rings (SSSR count). The summed E-state index contributed by atoms with van der Waals surface area (Å²) in [5.74, 6) is 0.690. The number of aromatic nitrogens is 2. The molecule has 5 heteroatoms. The molecule has 1 aliphatic rings. The number of hydrogen-bond donors (Lipinski definition) is 0. The molecular weight excluding hydrogens is 510 g/mol. The monoisotopic (exact) mass is 535 g/mol. The van der Waals surface area contributed by atoms with Crippen LogP contribution >= 0.6 is 11.5 Å². The van der Waals surface area contributed by atoms with Crippen molar-refractivity contribution in [2.75, 3.05) is 4.90 Å². The van der Waals surface area contributed by atoms with Gasteiger partial charge in [-0.05, 0) is 71.2 Å². The summed E-state index contributed by atoms with van der Waals surface area (Å²) in [6.07, 6.45) is 0. The lowest BCUT2D eigenvalue weighted by atomic mass is 9.73. The van der Waals surface area contributed by atoms with Crippen LogP contribution in [0, 0.1) is 0 Å². The summed E-state index contributed by atoms with van der Waals surface area (Å²) < 4.78 is 11.0. The second-order valence-electron chi connectivity index (χ2n) is 10.7. The quantitative estimate of drug-likeness (QED) is 0.226. The van der Waals surface area contributed by atoms with Crippen LogP contribution in [0.5, 0.6) is 0 Å². The molecule has 40 heavy (non-hydrogen) atoms. The van der Waals surface area contributed by atoms with Crippen LogP contribution in [0.2, 0.25) is 0 Å². The van der Waals surface area contributed by atoms with Gasteiger partial charge in [0.05, 0.1) is 16.9 Å². The Morgan fingerprint density at radius 2 is 1.32 bits per heavy atom. The number of hydrogen-bond acceptors (Lipinski definition) is 5. The third kappa shape index (κ3) is 3.38. The lowest BCUT2D eigenvalue weighted by Gasteiger charge is -2.42. The van der Waals surface area contributed by atoms with Crippen molar-refractivity contribution in [3.63, 3.8) is 0 Å². The normalized spacial score (nSPS) is 13.9. The van der Waals surface area contributed by atoms with Crippen molar-refractivity contribution in [3.05, 3.63) is 126 Å². The molecule has 0 saturated carbocycles. The van der Waals surface area contributed by atoms with Gasteiger partial charge in [-0.1, -0.05) is 80.6 Å². The average molecular weight is 536 g/mol. The molecule has 0 atom stereocenters. The molecule has 0 saturated heterocycles. The Kier molecular flexibility index (Phi) is 5.00. The zero-order valence-corrected chi connectivity index (χ0v) is 22.9. The van der Waals surface area contributed by atoms with Crippen LogP contribution in [0.3, 0.4) is 0 Å². The molecule has 4 nitrogen and oxygen atoms in total. The molecule has 0 aliphatic carbocycles. The molecular formula is C35H25N3OS. The number of para-hydroxylation sites is 4. The number of anilines is 3. The molecule has 0 spiro atoms. The Morgan fingerprint density at radius 3 is 2.08 bits per heavy atom. The van der Waals surface area contributed by atoms with Gasteiger partial charge in [0.1, 0.15) is 16.2 Å². The Labute approximate surface area is 236 Å². The lowest BCUT2D eigenvalue weighted by molar-refractivity contribution is 0.632. The van der Waals surface area contributed by atoms with Crippen molar-refractivity contribution in [1.82, 2.24) is 9.36 Å². The van der Waals surface area contributed by atoms with Crippen molar-refractivity contribution in [2.45, 2.75) is 19.3 Å². The van der Waals surface area contributed by atoms with Crippen molar-refractivity contribution in [1.29, 1.82) is 0 Å². The van der Waals surface area contributed by atoms with Crippen LogP contribution in [0.4, 0.5) is 17.1 Å². The van der Waals surface area contributed by atoms with E-state index in [2.05, 4.69) is 104 Å². The van der Waals surface area contributed by atoms with E-state index in [1.807, 2.05) is 30.3 Å². The van der Waals surface area contributed by atoms with Crippen molar-refractivity contribution in [2.24, 2.45) is 0 Å². The van der Waals surface area contributed by atoms with Crippen LogP contribution < -0.4 is 4.90 Å². The number of furan rings is 1. The first-order valence-corrected chi connectivity index (χ1v) is 14.2. The molecule has 0 unspecified atom stereocenters. The van der Waals surface area contributed by atoms with Crippen LogP contribution in [-0.2, 0) is 5.41 Å². The summed E-state index contributed by atoms with van der Waals surface area (Å²) in [4.78, 5) is 7.31. The maximum atomic E-state index is 6.23. The Bertz CT molecular complexity index is 2000. The zero-order valence-electron chi connectivity index (χ0n) is 22.1. The van der Waals surface area contributed by atoms with Gasteiger partial charge >= 0.3 is 0 Å². The fourth-order valence-electron chi connectivity index (χ4n) is 6.07. The van der Waals surface area contributed by atoms with Crippen LogP contribution in [-0.4, -0.2) is 9.36 Å². The van der Waals surface area contributed by atoms with E-state index < -0.39 is 0 Å². The molecule has 0 bridgehead atoms. The van der Waals surface area contributed by atoms with E-state index in [9.17, 15) is 0 Å². The van der Waals surface area contributed by atoms with E-state index in [0.29, 0.717) is 5.82 Å². The maximum Gasteiger partial charge on any atom is 0.177 e. The molecule has 192 valence electrons. The highest BCUT2D eigenvalue weighted by atomic mass is 32.1. The van der Waals surface area contributed by atoms with Crippen molar-refractivity contribution >= 4 is 50.5 Å². The lowest BCUT2D eigenvalue weighted by Crippen LogP contribution is -2.30. The summed E-state index contributed by atoms with van der Waals surface area (Å²) in [5, 5.41) is 3.07. The van der Waals surface area contributed by atoms with Gasteiger partial charge in [-0.15, -0.1) is 0 Å². The van der Waals surface area contributed by atoms with Gasteiger partial charge in [0.15, 0.2) is 5.82 Å². The molecule has 0 fully saturated rings. The minimum atomic E-state index is -0.0741. The number of benzene rings is 5. The molecule has 0 amide bonds. The fraction of sp³-hybridized carbons (Fsp3) is 0.0857. The van der Waals surface area contributed by atoms with Gasteiger partial charge in [0.25, 0.3) is 0 Å². The molecule has 1 aliphatic heterocycles. The maximum absolute atomic E-state index is 6.23. The van der Waals surface area contributed by atoms with E-state index >= 15 is 0 Å². The standard InChI is InChI=1S/C35H25N3OS/c1-35(2)27-13-4-6-15-29(27)38(30-16-7-5-14-28(30)35)23-20-18-22(19-21-23)34-36-33(37-40-34)26-12-9-11-25-24-10-3-8-17-31(24)39-32(25)26/h3-21H,1-2H3. The van der Waals surface area contributed by atoms with E-state index in [4.69, 9.17) is 13.8 Å². The first kappa shape index (κ1) is 23.2. The predicted molar refractivity (Wildman–Crippen MR) is 165 cm³/mol. The number of nitrogens with zero attached hydrogens (tertiary/aromatic N) is 3. The van der Waals surface area contributed by atoms with E-state index in [1.165, 1.54) is 34.0 Å². The zero-order chi connectivity index (χ0) is 26.8. The smallest absolute Gasteiger partial charge is 0.177 e. The van der Waals surface area contributed by atoms with Crippen LogP contribution in [0.15, 0.2) is 120 Å². The summed E-state index contributed by atoms with van der Waals surface area (Å²) in [6, 6.07) is 40.4. The topological polar surface area (TPSA) is 42.2 Å². The Balaban J connectivity index is 1.18. The average Bonchev–Trinajstić information content (AvgIpc) is 3.63. The van der Waals surface area contributed by atoms with Gasteiger partial charge < -0.3 is 9.32 Å². The van der Waals surface area contributed by atoms with E-state index in [-0.39, 0.29) is 5.41 Å². The SMILES string of the molecule is CC1(C)c2ccccc2N(c2ccc(-c3nc(-c4cccc5c4oc4ccccc45)ns3)cc2)c2ccccc21. The molecule has 3 heterocycles. The minimum absolute atomic E-state index is 0.0741. The van der Waals surface area contributed by atoms with Gasteiger partial charge in [-0.25, -0.2) is 4.98 Å². The molecule has 5 aromatic carbocycles. The summed E-state index contributed by atoms with van der Waals surface area (Å²) in [5.41, 5.74) is 9.80. The third-order valence-electron chi connectivity index (χ3n) is 8.08. The number of fused-ring (bicyclic) bond motifs is 5. The highest BCUT2D eigenvalue weighted by molar-refractivity contribution is 7.09. The molecule has 0 radical (unpaired) electrons.